The average Bonchev–Trinajstić information content (AvgIpc) is 3.09. The molecule has 1 aliphatic heterocycles. The number of fused-ring (bicyclic) bond motifs is 1. The molecule has 2 heterocycles. The molecule has 148 valence electrons. The predicted molar refractivity (Wildman–Crippen MR) is 99.4 cm³/mol. The fourth-order valence-electron chi connectivity index (χ4n) is 3.46. The number of nitrogens with zero attached hydrogens (tertiary/aromatic N) is 2. The molecule has 2 unspecified atom stereocenters. The van der Waals surface area contributed by atoms with E-state index < -0.39 is 17.0 Å². The number of rotatable bonds is 7. The van der Waals surface area contributed by atoms with Crippen LogP contribution < -0.4 is 0 Å². The zero-order valence-corrected chi connectivity index (χ0v) is 16.1. The summed E-state index contributed by atoms with van der Waals surface area (Å²) in [6, 6.07) is 7.27. The van der Waals surface area contributed by atoms with E-state index in [-0.39, 0.29) is 19.1 Å². The Hall–Kier alpha value is -2.71. The van der Waals surface area contributed by atoms with Crippen molar-refractivity contribution in [2.75, 3.05) is 13.7 Å². The van der Waals surface area contributed by atoms with Gasteiger partial charge in [0.15, 0.2) is 0 Å². The average molecular weight is 407 g/mol. The van der Waals surface area contributed by atoms with Crippen LogP contribution in [0.3, 0.4) is 0 Å². The highest BCUT2D eigenvalue weighted by Gasteiger charge is 2.33. The van der Waals surface area contributed by atoms with Crippen molar-refractivity contribution in [3.05, 3.63) is 73.5 Å². The Kier molecular flexibility index (Phi) is 6.11. The number of hydrogen-bond acceptors (Lipinski definition) is 7. The first-order chi connectivity index (χ1) is 13.4. The van der Waals surface area contributed by atoms with Crippen molar-refractivity contribution in [3.8, 4) is 0 Å². The van der Waals surface area contributed by atoms with Gasteiger partial charge in [0, 0.05) is 28.4 Å². The number of aryl methyl sites for hydroxylation is 1. The largest absolute Gasteiger partial charge is 0.469 e. The van der Waals surface area contributed by atoms with Crippen molar-refractivity contribution in [1.29, 1.82) is 0 Å². The highest BCUT2D eigenvalue weighted by atomic mass is 35.5. The molecule has 0 bridgehead atoms. The summed E-state index contributed by atoms with van der Waals surface area (Å²) >= 11 is 5.99. The van der Waals surface area contributed by atoms with E-state index in [1.165, 1.54) is 7.11 Å². The van der Waals surface area contributed by atoms with Crippen LogP contribution in [0.15, 0.2) is 30.5 Å². The summed E-state index contributed by atoms with van der Waals surface area (Å²) in [5, 5.41) is 10.5. The summed E-state index contributed by atoms with van der Waals surface area (Å²) in [4.78, 5) is 31.7. The Labute approximate surface area is 166 Å². The van der Waals surface area contributed by atoms with Gasteiger partial charge in [0.1, 0.15) is 12.7 Å². The van der Waals surface area contributed by atoms with Crippen LogP contribution in [0.25, 0.3) is 0 Å². The molecule has 0 amide bonds. The normalized spacial score (nSPS) is 16.3. The van der Waals surface area contributed by atoms with Gasteiger partial charge >= 0.3 is 5.97 Å². The number of hydrogen-bond donors (Lipinski definition) is 0. The molecular formula is C19H19ClN2O6. The topological polar surface area (TPSA) is 101 Å². The molecule has 0 saturated carbocycles. The van der Waals surface area contributed by atoms with E-state index in [0.717, 1.165) is 16.7 Å². The Morgan fingerprint density at radius 3 is 2.79 bits per heavy atom. The zero-order valence-electron chi connectivity index (χ0n) is 15.4. The van der Waals surface area contributed by atoms with E-state index in [9.17, 15) is 14.9 Å². The number of esters is 1. The first-order valence-electron chi connectivity index (χ1n) is 8.60. The molecule has 1 aromatic heterocycles. The lowest BCUT2D eigenvalue weighted by Gasteiger charge is -2.23. The minimum atomic E-state index is -0.872. The smallest absolute Gasteiger partial charge is 0.306 e. The molecule has 1 aromatic carbocycles. The number of pyridine rings is 1. The highest BCUT2D eigenvalue weighted by Crippen LogP contribution is 2.42. The number of carbonyl (C=O) groups is 1. The van der Waals surface area contributed by atoms with Gasteiger partial charge in [-0.25, -0.2) is 0 Å². The summed E-state index contributed by atoms with van der Waals surface area (Å²) in [6.45, 7) is 1.86. The minimum Gasteiger partial charge on any atom is -0.469 e. The molecule has 0 aliphatic carbocycles. The van der Waals surface area contributed by atoms with Gasteiger partial charge in [-0.15, -0.1) is 10.1 Å². The number of methoxy groups -OCH3 is 1. The van der Waals surface area contributed by atoms with Crippen LogP contribution in [0.1, 0.15) is 46.4 Å². The van der Waals surface area contributed by atoms with E-state index in [1.807, 2.05) is 12.1 Å². The molecule has 0 spiro atoms. The number of halogens is 1. The van der Waals surface area contributed by atoms with E-state index in [2.05, 4.69) is 9.82 Å². The molecule has 0 saturated heterocycles. The number of benzene rings is 1. The molecule has 2 aromatic rings. The SMILES string of the molecule is COC(=O)CC(CO[N+](=O)[O-])c1c(C)ncc2c1C(c1ccc(Cl)cc1)OC2. The lowest BCUT2D eigenvalue weighted by atomic mass is 9.86. The summed E-state index contributed by atoms with van der Waals surface area (Å²) in [6.07, 6.45) is 1.27. The van der Waals surface area contributed by atoms with E-state index >= 15 is 0 Å². The molecule has 0 fully saturated rings. The lowest BCUT2D eigenvalue weighted by molar-refractivity contribution is -0.758. The summed E-state index contributed by atoms with van der Waals surface area (Å²) in [7, 11) is 1.27. The standard InChI is InChI=1S/C19H19ClN2O6/c1-11-17(13(7-16(23)26-2)10-28-22(24)25)18-14(8-21-11)9-27-19(18)12-3-5-15(20)6-4-12/h3-6,8,13,19H,7,9-10H2,1-2H3. The van der Waals surface area contributed by atoms with Crippen molar-refractivity contribution in [2.24, 2.45) is 0 Å². The predicted octanol–water partition coefficient (Wildman–Crippen LogP) is 3.52. The minimum absolute atomic E-state index is 0.0728. The van der Waals surface area contributed by atoms with Crippen molar-refractivity contribution in [3.63, 3.8) is 0 Å². The van der Waals surface area contributed by atoms with Gasteiger partial charge in [-0.3, -0.25) is 9.78 Å². The van der Waals surface area contributed by atoms with Gasteiger partial charge in [0.25, 0.3) is 5.09 Å². The van der Waals surface area contributed by atoms with Gasteiger partial charge < -0.3 is 14.3 Å². The maximum atomic E-state index is 11.9. The van der Waals surface area contributed by atoms with E-state index in [1.54, 1.807) is 25.3 Å². The Morgan fingerprint density at radius 2 is 2.14 bits per heavy atom. The third kappa shape index (κ3) is 4.23. The molecule has 9 heteroatoms. The quantitative estimate of drug-likeness (QED) is 0.394. The lowest BCUT2D eigenvalue weighted by Crippen LogP contribution is -2.20. The second-order valence-electron chi connectivity index (χ2n) is 6.44. The summed E-state index contributed by atoms with van der Waals surface area (Å²) in [5.41, 5.74) is 3.99. The Morgan fingerprint density at radius 1 is 1.43 bits per heavy atom. The van der Waals surface area contributed by atoms with Gasteiger partial charge in [-0.2, -0.15) is 0 Å². The van der Waals surface area contributed by atoms with Gasteiger partial charge in [-0.05, 0) is 35.7 Å². The molecule has 0 radical (unpaired) electrons. The van der Waals surface area contributed by atoms with E-state index in [0.29, 0.717) is 22.9 Å². The van der Waals surface area contributed by atoms with E-state index in [4.69, 9.17) is 21.1 Å². The molecule has 28 heavy (non-hydrogen) atoms. The molecule has 0 N–H and O–H groups in total. The first kappa shape index (κ1) is 20.0. The number of ether oxygens (including phenoxy) is 2. The third-order valence-corrected chi connectivity index (χ3v) is 4.96. The molecule has 3 rings (SSSR count). The summed E-state index contributed by atoms with van der Waals surface area (Å²) < 4.78 is 10.7. The fourth-order valence-corrected chi connectivity index (χ4v) is 3.58. The maximum Gasteiger partial charge on any atom is 0.306 e. The molecular weight excluding hydrogens is 388 g/mol. The van der Waals surface area contributed by atoms with Crippen LogP contribution in [-0.2, 0) is 25.7 Å². The van der Waals surface area contributed by atoms with Crippen LogP contribution in [0, 0.1) is 17.0 Å². The number of carbonyl (C=O) groups excluding carboxylic acids is 1. The molecule has 1 aliphatic rings. The van der Waals surface area contributed by atoms with Crippen molar-refractivity contribution in [1.82, 2.24) is 4.98 Å². The van der Waals surface area contributed by atoms with Gasteiger partial charge in [-0.1, -0.05) is 23.7 Å². The monoisotopic (exact) mass is 406 g/mol. The maximum absolute atomic E-state index is 11.9. The zero-order chi connectivity index (χ0) is 20.3. The Bertz CT molecular complexity index is 887. The molecule has 2 atom stereocenters. The van der Waals surface area contributed by atoms with Gasteiger partial charge in [0.05, 0.1) is 20.1 Å². The van der Waals surface area contributed by atoms with Gasteiger partial charge in [0.2, 0.25) is 0 Å². The van der Waals surface area contributed by atoms with Crippen LogP contribution in [-0.4, -0.2) is 29.8 Å². The second-order valence-corrected chi connectivity index (χ2v) is 6.87. The fraction of sp³-hybridized carbons (Fsp3) is 0.368. The van der Waals surface area contributed by atoms with Crippen LogP contribution in [0.4, 0.5) is 0 Å². The second kappa shape index (κ2) is 8.53. The third-order valence-electron chi connectivity index (χ3n) is 4.71. The van der Waals surface area contributed by atoms with Crippen LogP contribution in [0.5, 0.6) is 0 Å². The van der Waals surface area contributed by atoms with Crippen molar-refractivity contribution >= 4 is 17.6 Å². The molecule has 8 nitrogen and oxygen atoms in total. The highest BCUT2D eigenvalue weighted by molar-refractivity contribution is 6.30. The first-order valence-corrected chi connectivity index (χ1v) is 8.98. The number of aromatic nitrogens is 1. The Balaban J connectivity index is 2.06. The summed E-state index contributed by atoms with van der Waals surface area (Å²) in [5.74, 6) is -1.09. The van der Waals surface area contributed by atoms with Crippen LogP contribution in [0.2, 0.25) is 5.02 Å². The van der Waals surface area contributed by atoms with Crippen LogP contribution >= 0.6 is 11.6 Å². The van der Waals surface area contributed by atoms with Crippen molar-refractivity contribution in [2.45, 2.75) is 32.0 Å². The van der Waals surface area contributed by atoms with Crippen molar-refractivity contribution < 1.29 is 24.2 Å².